The van der Waals surface area contributed by atoms with Crippen LogP contribution >= 0.6 is 27.5 Å². The molecule has 2 aromatic carbocycles. The van der Waals surface area contributed by atoms with Gasteiger partial charge in [0.15, 0.2) is 0 Å². The monoisotopic (exact) mass is 370 g/mol. The maximum atomic E-state index is 13.7. The highest BCUT2D eigenvalue weighted by atomic mass is 79.9. The Balaban J connectivity index is 2.28. The highest BCUT2D eigenvalue weighted by Crippen LogP contribution is 2.24. The Morgan fingerprint density at radius 2 is 1.81 bits per heavy atom. The number of hydrogen-bond donors (Lipinski definition) is 2. The summed E-state index contributed by atoms with van der Waals surface area (Å²) in [7, 11) is 0. The SMILES string of the molecule is NC(=O)c1ccc(F)c(NC(=O)c2ccc(Cl)c(Br)c2)c1. The van der Waals surface area contributed by atoms with Crippen LogP contribution in [0.5, 0.6) is 0 Å². The van der Waals surface area contributed by atoms with E-state index >= 15 is 0 Å². The maximum absolute atomic E-state index is 13.7. The van der Waals surface area contributed by atoms with Gasteiger partial charge in [0.25, 0.3) is 5.91 Å². The number of halogens is 3. The summed E-state index contributed by atoms with van der Waals surface area (Å²) in [5.74, 6) is -1.91. The lowest BCUT2D eigenvalue weighted by molar-refractivity contribution is 0.0996. The van der Waals surface area contributed by atoms with E-state index in [0.717, 1.165) is 6.07 Å². The Morgan fingerprint density at radius 1 is 1.14 bits per heavy atom. The topological polar surface area (TPSA) is 72.2 Å². The third-order valence-corrected chi connectivity index (χ3v) is 3.89. The van der Waals surface area contributed by atoms with Gasteiger partial charge < -0.3 is 11.1 Å². The molecule has 21 heavy (non-hydrogen) atoms. The van der Waals surface area contributed by atoms with Crippen LogP contribution in [-0.2, 0) is 0 Å². The van der Waals surface area contributed by atoms with Crippen molar-refractivity contribution in [2.45, 2.75) is 0 Å². The Bertz CT molecular complexity index is 737. The van der Waals surface area contributed by atoms with Gasteiger partial charge in [0.2, 0.25) is 5.91 Å². The number of amides is 2. The van der Waals surface area contributed by atoms with E-state index in [1.807, 2.05) is 0 Å². The zero-order chi connectivity index (χ0) is 15.6. The summed E-state index contributed by atoms with van der Waals surface area (Å²) in [4.78, 5) is 23.1. The number of nitrogens with two attached hydrogens (primary N) is 1. The number of carbonyl (C=O) groups is 2. The molecule has 0 atom stereocenters. The van der Waals surface area contributed by atoms with E-state index in [4.69, 9.17) is 17.3 Å². The second-order valence-electron chi connectivity index (χ2n) is 4.14. The van der Waals surface area contributed by atoms with Crippen LogP contribution < -0.4 is 11.1 Å². The van der Waals surface area contributed by atoms with Crippen LogP contribution in [0.15, 0.2) is 40.9 Å². The molecule has 4 nitrogen and oxygen atoms in total. The molecule has 7 heteroatoms. The minimum absolute atomic E-state index is 0.101. The molecule has 0 saturated heterocycles. The third-order valence-electron chi connectivity index (χ3n) is 2.68. The molecule has 108 valence electrons. The summed E-state index contributed by atoms with van der Waals surface area (Å²) >= 11 is 9.03. The second-order valence-corrected chi connectivity index (χ2v) is 5.40. The maximum Gasteiger partial charge on any atom is 0.255 e. The van der Waals surface area contributed by atoms with E-state index in [-0.39, 0.29) is 16.8 Å². The van der Waals surface area contributed by atoms with Gasteiger partial charge in [-0.15, -0.1) is 0 Å². The molecule has 0 aliphatic carbocycles. The van der Waals surface area contributed by atoms with E-state index in [1.165, 1.54) is 30.3 Å². The minimum atomic E-state index is -0.709. The quantitative estimate of drug-likeness (QED) is 0.865. The molecule has 0 saturated carbocycles. The van der Waals surface area contributed by atoms with Gasteiger partial charge in [-0.05, 0) is 52.3 Å². The number of nitrogens with one attached hydrogen (secondary N) is 1. The zero-order valence-electron chi connectivity index (χ0n) is 10.5. The largest absolute Gasteiger partial charge is 0.366 e. The highest BCUT2D eigenvalue weighted by molar-refractivity contribution is 9.10. The van der Waals surface area contributed by atoms with Crippen molar-refractivity contribution < 1.29 is 14.0 Å². The smallest absolute Gasteiger partial charge is 0.255 e. The first kappa shape index (κ1) is 15.5. The van der Waals surface area contributed by atoms with Gasteiger partial charge in [-0.2, -0.15) is 0 Å². The normalized spacial score (nSPS) is 10.2. The van der Waals surface area contributed by atoms with Crippen molar-refractivity contribution in [3.63, 3.8) is 0 Å². The third kappa shape index (κ3) is 3.59. The molecule has 0 unspecified atom stereocenters. The van der Waals surface area contributed by atoms with Crippen LogP contribution in [0.2, 0.25) is 5.02 Å². The van der Waals surface area contributed by atoms with Gasteiger partial charge in [-0.1, -0.05) is 11.6 Å². The van der Waals surface area contributed by atoms with Crippen LogP contribution in [0.3, 0.4) is 0 Å². The molecule has 0 fully saturated rings. The number of anilines is 1. The van der Waals surface area contributed by atoms with E-state index < -0.39 is 17.6 Å². The first-order chi connectivity index (χ1) is 9.88. The molecule has 0 aliphatic rings. The number of primary amides is 1. The van der Waals surface area contributed by atoms with E-state index in [9.17, 15) is 14.0 Å². The fraction of sp³-hybridized carbons (Fsp3) is 0. The van der Waals surface area contributed by atoms with Gasteiger partial charge in [-0.25, -0.2) is 4.39 Å². The van der Waals surface area contributed by atoms with Gasteiger partial charge in [0, 0.05) is 15.6 Å². The summed E-state index contributed by atoms with van der Waals surface area (Å²) in [5, 5.41) is 2.84. The molecule has 2 amide bonds. The zero-order valence-corrected chi connectivity index (χ0v) is 12.8. The van der Waals surface area contributed by atoms with Gasteiger partial charge >= 0.3 is 0 Å². The van der Waals surface area contributed by atoms with Crippen molar-refractivity contribution in [2.75, 3.05) is 5.32 Å². The van der Waals surface area contributed by atoms with E-state index in [2.05, 4.69) is 21.2 Å². The fourth-order valence-electron chi connectivity index (χ4n) is 1.61. The fourth-order valence-corrected chi connectivity index (χ4v) is 2.10. The van der Waals surface area contributed by atoms with Crippen molar-refractivity contribution in [3.8, 4) is 0 Å². The summed E-state index contributed by atoms with van der Waals surface area (Å²) in [6.45, 7) is 0. The summed E-state index contributed by atoms with van der Waals surface area (Å²) in [6.07, 6.45) is 0. The first-order valence-corrected chi connectivity index (χ1v) is 6.91. The number of benzene rings is 2. The van der Waals surface area contributed by atoms with Crippen molar-refractivity contribution in [2.24, 2.45) is 5.73 Å². The first-order valence-electron chi connectivity index (χ1n) is 5.74. The second kappa shape index (κ2) is 6.24. The van der Waals surface area contributed by atoms with Gasteiger partial charge in [-0.3, -0.25) is 9.59 Å². The Kier molecular flexibility index (Phi) is 4.59. The van der Waals surface area contributed by atoms with E-state index in [1.54, 1.807) is 0 Å². The average molecular weight is 372 g/mol. The molecule has 3 N–H and O–H groups in total. The summed E-state index contributed by atoms with van der Waals surface area (Å²) < 4.78 is 14.2. The van der Waals surface area contributed by atoms with Crippen LogP contribution in [0.1, 0.15) is 20.7 Å². The molecule has 0 heterocycles. The standard InChI is InChI=1S/C14H9BrClFN2O2/c15-9-5-8(1-3-10(9)16)14(21)19-12-6-7(13(18)20)2-4-11(12)17/h1-6H,(H2,18,20)(H,19,21). The van der Waals surface area contributed by atoms with Crippen molar-refractivity contribution in [1.29, 1.82) is 0 Å². The molecule has 0 radical (unpaired) electrons. The molecular weight excluding hydrogens is 363 g/mol. The number of carbonyl (C=O) groups excluding carboxylic acids is 2. The lowest BCUT2D eigenvalue weighted by Crippen LogP contribution is -2.15. The molecular formula is C14H9BrClFN2O2. The minimum Gasteiger partial charge on any atom is -0.366 e. The molecule has 0 spiro atoms. The van der Waals surface area contributed by atoms with Gasteiger partial charge in [0.05, 0.1) is 10.7 Å². The van der Waals surface area contributed by atoms with Crippen molar-refractivity contribution in [1.82, 2.24) is 0 Å². The van der Waals surface area contributed by atoms with Gasteiger partial charge in [0.1, 0.15) is 5.82 Å². The predicted octanol–water partition coefficient (Wildman–Crippen LogP) is 3.59. The molecule has 0 aliphatic heterocycles. The molecule has 2 rings (SSSR count). The lowest BCUT2D eigenvalue weighted by Gasteiger charge is -2.08. The summed E-state index contributed by atoms with van der Waals surface area (Å²) in [5.41, 5.74) is 5.38. The highest BCUT2D eigenvalue weighted by Gasteiger charge is 2.12. The number of rotatable bonds is 3. The Labute approximate surface area is 133 Å². The molecule has 0 bridgehead atoms. The van der Waals surface area contributed by atoms with Crippen LogP contribution in [0.4, 0.5) is 10.1 Å². The molecule has 0 aromatic heterocycles. The average Bonchev–Trinajstić information content (AvgIpc) is 2.43. The van der Waals surface area contributed by atoms with E-state index in [0.29, 0.717) is 9.50 Å². The Hall–Kier alpha value is -1.92. The number of hydrogen-bond acceptors (Lipinski definition) is 2. The van der Waals surface area contributed by atoms with Crippen LogP contribution in [0, 0.1) is 5.82 Å². The van der Waals surface area contributed by atoms with Crippen molar-refractivity contribution >= 4 is 45.0 Å². The predicted molar refractivity (Wildman–Crippen MR) is 82.0 cm³/mol. The summed E-state index contributed by atoms with van der Waals surface area (Å²) in [6, 6.07) is 8.03. The van der Waals surface area contributed by atoms with Crippen LogP contribution in [0.25, 0.3) is 0 Å². The Morgan fingerprint density at radius 3 is 2.43 bits per heavy atom. The lowest BCUT2D eigenvalue weighted by atomic mass is 10.1. The van der Waals surface area contributed by atoms with Crippen LogP contribution in [-0.4, -0.2) is 11.8 Å². The molecule has 2 aromatic rings. The van der Waals surface area contributed by atoms with Crippen molar-refractivity contribution in [3.05, 3.63) is 62.8 Å².